The maximum Gasteiger partial charge on any atom is 0.255 e. The quantitative estimate of drug-likeness (QED) is 0.861. The van der Waals surface area contributed by atoms with Crippen LogP contribution in [0.15, 0.2) is 18.2 Å². The number of ether oxygens (including phenoxy) is 2. The molecule has 0 aliphatic carbocycles. The Morgan fingerprint density at radius 3 is 2.90 bits per heavy atom. The van der Waals surface area contributed by atoms with Gasteiger partial charge in [-0.2, -0.15) is 0 Å². The van der Waals surface area contributed by atoms with Gasteiger partial charge in [0.25, 0.3) is 5.91 Å². The zero-order chi connectivity index (χ0) is 14.6. The number of hydrogen-bond donors (Lipinski definition) is 2. The molecule has 1 aromatic rings. The molecule has 0 saturated carbocycles. The monoisotopic (exact) mass is 279 g/mol. The third-order valence-electron chi connectivity index (χ3n) is 3.23. The number of hydrogen-bond acceptors (Lipinski definition) is 4. The van der Waals surface area contributed by atoms with Gasteiger partial charge in [0.2, 0.25) is 0 Å². The Balaban J connectivity index is 2.06. The van der Waals surface area contributed by atoms with E-state index in [1.165, 1.54) is 0 Å². The molecule has 0 saturated heterocycles. The topological polar surface area (TPSA) is 67.8 Å². The molecule has 1 amide bonds. The molecular formula is C15H21NO4. The van der Waals surface area contributed by atoms with E-state index in [1.807, 2.05) is 6.92 Å². The van der Waals surface area contributed by atoms with Crippen molar-refractivity contribution in [2.45, 2.75) is 32.3 Å². The van der Waals surface area contributed by atoms with Crippen molar-refractivity contribution in [1.82, 2.24) is 5.32 Å². The summed E-state index contributed by atoms with van der Waals surface area (Å²) in [6.07, 6.45) is 1.50. The zero-order valence-corrected chi connectivity index (χ0v) is 11.9. The Morgan fingerprint density at radius 1 is 1.40 bits per heavy atom. The van der Waals surface area contributed by atoms with Crippen LogP contribution in [0.2, 0.25) is 0 Å². The Kier molecular flexibility index (Phi) is 4.49. The number of carbonyl (C=O) groups is 1. The summed E-state index contributed by atoms with van der Waals surface area (Å²) in [7, 11) is 0. The highest BCUT2D eigenvalue weighted by atomic mass is 16.6. The van der Waals surface area contributed by atoms with E-state index in [4.69, 9.17) is 9.47 Å². The predicted octanol–water partition coefficient (Wildman–Crippen LogP) is 1.74. The van der Waals surface area contributed by atoms with E-state index in [0.717, 1.165) is 6.42 Å². The summed E-state index contributed by atoms with van der Waals surface area (Å²) in [6, 6.07) is 5.22. The summed E-state index contributed by atoms with van der Waals surface area (Å²) in [5.74, 6) is 0.805. The van der Waals surface area contributed by atoms with Crippen LogP contribution in [-0.4, -0.2) is 36.4 Å². The fourth-order valence-electron chi connectivity index (χ4n) is 2.25. The lowest BCUT2D eigenvalue weighted by Crippen LogP contribution is -2.40. The largest absolute Gasteiger partial charge is 0.486 e. The van der Waals surface area contributed by atoms with Crippen LogP contribution in [0.5, 0.6) is 11.5 Å². The maximum absolute atomic E-state index is 12.2. The average Bonchev–Trinajstić information content (AvgIpc) is 2.44. The number of aliphatic hydroxyl groups is 1. The first kappa shape index (κ1) is 14.7. The van der Waals surface area contributed by atoms with Crippen molar-refractivity contribution in [3.8, 4) is 11.5 Å². The van der Waals surface area contributed by atoms with Crippen molar-refractivity contribution in [2.75, 3.05) is 19.8 Å². The molecule has 1 aliphatic heterocycles. The number of amides is 1. The zero-order valence-electron chi connectivity index (χ0n) is 11.9. The van der Waals surface area contributed by atoms with Crippen LogP contribution in [0.3, 0.4) is 0 Å². The third-order valence-corrected chi connectivity index (χ3v) is 3.23. The first-order chi connectivity index (χ1) is 9.53. The van der Waals surface area contributed by atoms with Crippen molar-refractivity contribution >= 4 is 5.91 Å². The van der Waals surface area contributed by atoms with E-state index in [0.29, 0.717) is 36.7 Å². The summed E-state index contributed by atoms with van der Waals surface area (Å²) in [5.41, 5.74) is -0.453. The Labute approximate surface area is 118 Å². The van der Waals surface area contributed by atoms with Crippen molar-refractivity contribution in [1.29, 1.82) is 0 Å². The Bertz CT molecular complexity index is 485. The molecule has 110 valence electrons. The molecule has 1 aliphatic rings. The second kappa shape index (κ2) is 6.13. The number of nitrogens with one attached hydrogen (secondary N) is 1. The average molecular weight is 279 g/mol. The molecule has 0 aromatic heterocycles. The van der Waals surface area contributed by atoms with Crippen LogP contribution in [0.1, 0.15) is 37.0 Å². The summed E-state index contributed by atoms with van der Waals surface area (Å²) in [5, 5.41) is 12.8. The maximum atomic E-state index is 12.2. The molecule has 1 atom stereocenters. The van der Waals surface area contributed by atoms with Crippen molar-refractivity contribution < 1.29 is 19.4 Å². The van der Waals surface area contributed by atoms with E-state index in [-0.39, 0.29) is 12.5 Å². The number of para-hydroxylation sites is 1. The first-order valence-electron chi connectivity index (χ1n) is 6.93. The van der Waals surface area contributed by atoms with E-state index in [2.05, 4.69) is 5.32 Å². The molecule has 0 bridgehead atoms. The minimum Gasteiger partial charge on any atom is -0.486 e. The highest BCUT2D eigenvalue weighted by Gasteiger charge is 2.23. The van der Waals surface area contributed by atoms with Gasteiger partial charge in [0.1, 0.15) is 13.2 Å². The summed E-state index contributed by atoms with van der Waals surface area (Å²) in [6.45, 7) is 4.85. The van der Waals surface area contributed by atoms with Crippen molar-refractivity contribution in [3.63, 3.8) is 0 Å². The molecule has 5 heteroatoms. The third kappa shape index (κ3) is 3.42. The lowest BCUT2D eigenvalue weighted by Gasteiger charge is -2.24. The van der Waals surface area contributed by atoms with Gasteiger partial charge in [-0.25, -0.2) is 0 Å². The first-order valence-corrected chi connectivity index (χ1v) is 6.93. The summed E-state index contributed by atoms with van der Waals surface area (Å²) in [4.78, 5) is 12.2. The summed E-state index contributed by atoms with van der Waals surface area (Å²) >= 11 is 0. The molecular weight excluding hydrogens is 258 g/mol. The highest BCUT2D eigenvalue weighted by Crippen LogP contribution is 2.33. The van der Waals surface area contributed by atoms with E-state index < -0.39 is 5.60 Å². The number of carbonyl (C=O) groups excluding carboxylic acids is 1. The van der Waals surface area contributed by atoms with Crippen LogP contribution in [0.25, 0.3) is 0 Å². The Hall–Kier alpha value is -1.75. The van der Waals surface area contributed by atoms with Crippen molar-refractivity contribution in [2.24, 2.45) is 0 Å². The summed E-state index contributed by atoms with van der Waals surface area (Å²) < 4.78 is 11.0. The van der Waals surface area contributed by atoms with Gasteiger partial charge >= 0.3 is 0 Å². The van der Waals surface area contributed by atoms with Crippen LogP contribution >= 0.6 is 0 Å². The molecule has 0 unspecified atom stereocenters. The fraction of sp³-hybridized carbons (Fsp3) is 0.533. The molecule has 1 aromatic carbocycles. The van der Waals surface area contributed by atoms with Gasteiger partial charge in [-0.1, -0.05) is 19.4 Å². The molecule has 0 fully saturated rings. The van der Waals surface area contributed by atoms with Crippen LogP contribution in [0.4, 0.5) is 0 Å². The molecule has 1 heterocycles. The normalized spacial score (nSPS) is 16.4. The van der Waals surface area contributed by atoms with E-state index in [1.54, 1.807) is 25.1 Å². The Morgan fingerprint density at radius 2 is 2.15 bits per heavy atom. The fourth-order valence-corrected chi connectivity index (χ4v) is 2.25. The second-order valence-electron chi connectivity index (χ2n) is 5.26. The lowest BCUT2D eigenvalue weighted by atomic mass is 10.0. The molecule has 2 N–H and O–H groups in total. The second-order valence-corrected chi connectivity index (χ2v) is 5.26. The van der Waals surface area contributed by atoms with E-state index in [9.17, 15) is 9.90 Å². The molecule has 2 rings (SSSR count). The SMILES string of the molecule is CCC[C@](C)(O)CNC(=O)c1cccc2c1OCCO2. The van der Waals surface area contributed by atoms with Gasteiger partial charge < -0.3 is 19.9 Å². The highest BCUT2D eigenvalue weighted by molar-refractivity contribution is 5.97. The van der Waals surface area contributed by atoms with Gasteiger partial charge in [-0.15, -0.1) is 0 Å². The lowest BCUT2D eigenvalue weighted by molar-refractivity contribution is 0.0468. The number of rotatable bonds is 5. The molecule has 0 radical (unpaired) electrons. The van der Waals surface area contributed by atoms with Crippen molar-refractivity contribution in [3.05, 3.63) is 23.8 Å². The van der Waals surface area contributed by atoms with E-state index >= 15 is 0 Å². The minimum atomic E-state index is -0.892. The van der Waals surface area contributed by atoms with Crippen LogP contribution in [-0.2, 0) is 0 Å². The van der Waals surface area contributed by atoms with Gasteiger partial charge in [0.05, 0.1) is 11.2 Å². The smallest absolute Gasteiger partial charge is 0.255 e. The number of benzene rings is 1. The van der Waals surface area contributed by atoms with Crippen LogP contribution < -0.4 is 14.8 Å². The predicted molar refractivity (Wildman–Crippen MR) is 75.3 cm³/mol. The van der Waals surface area contributed by atoms with Gasteiger partial charge in [0.15, 0.2) is 11.5 Å². The van der Waals surface area contributed by atoms with Crippen LogP contribution in [0, 0.1) is 0 Å². The van der Waals surface area contributed by atoms with Gasteiger partial charge in [-0.05, 0) is 25.5 Å². The van der Waals surface area contributed by atoms with Gasteiger partial charge in [-0.3, -0.25) is 4.79 Å². The standard InChI is InChI=1S/C15H21NO4/c1-3-7-15(2,18)10-16-14(17)11-5-4-6-12-13(11)20-9-8-19-12/h4-6,18H,3,7-10H2,1-2H3,(H,16,17)/t15-/m0/s1. The molecule has 20 heavy (non-hydrogen) atoms. The van der Waals surface area contributed by atoms with Gasteiger partial charge in [0, 0.05) is 6.54 Å². The minimum absolute atomic E-state index is 0.212. The molecule has 5 nitrogen and oxygen atoms in total. The number of fused-ring (bicyclic) bond motifs is 1. The molecule has 0 spiro atoms.